The first kappa shape index (κ1) is 8.23. The van der Waals surface area contributed by atoms with Crippen LogP contribution in [-0.4, -0.2) is 14.4 Å². The summed E-state index contributed by atoms with van der Waals surface area (Å²) < 4.78 is 2.10. The minimum Gasteiger partial charge on any atom is -0.300 e. The van der Waals surface area contributed by atoms with E-state index in [1.807, 2.05) is 19.3 Å². The molecular weight excluding hydrogens is 162 g/mol. The van der Waals surface area contributed by atoms with Gasteiger partial charge in [-0.25, -0.2) is 4.98 Å². The lowest BCUT2D eigenvalue weighted by molar-refractivity contribution is 0.767. The van der Waals surface area contributed by atoms with Gasteiger partial charge >= 0.3 is 0 Å². The maximum Gasteiger partial charge on any atom is 0.116 e. The predicted octanol–water partition coefficient (Wildman–Crippen LogP) is 2.16. The Hall–Kier alpha value is -1.38. The SMILES string of the molecule is Cc1nc(C(C)C)n2ccncc12. The monoisotopic (exact) mass is 175 g/mol. The molecule has 0 aromatic carbocycles. The third-order valence-electron chi connectivity index (χ3n) is 2.17. The summed E-state index contributed by atoms with van der Waals surface area (Å²) in [6.07, 6.45) is 5.61. The molecule has 0 aliphatic heterocycles. The molecular formula is C10H13N3. The van der Waals surface area contributed by atoms with E-state index in [1.54, 1.807) is 6.20 Å². The first-order chi connectivity index (χ1) is 6.20. The molecule has 68 valence electrons. The van der Waals surface area contributed by atoms with Gasteiger partial charge in [0.25, 0.3) is 0 Å². The molecule has 0 fully saturated rings. The smallest absolute Gasteiger partial charge is 0.116 e. The maximum absolute atomic E-state index is 4.51. The van der Waals surface area contributed by atoms with Crippen molar-refractivity contribution in [2.24, 2.45) is 0 Å². The van der Waals surface area contributed by atoms with Gasteiger partial charge in [0.15, 0.2) is 0 Å². The van der Waals surface area contributed by atoms with E-state index < -0.39 is 0 Å². The fourth-order valence-corrected chi connectivity index (χ4v) is 1.52. The fraction of sp³-hybridized carbons (Fsp3) is 0.400. The Balaban J connectivity index is 2.78. The lowest BCUT2D eigenvalue weighted by Crippen LogP contribution is -1.96. The van der Waals surface area contributed by atoms with Crippen LogP contribution >= 0.6 is 0 Å². The molecule has 0 spiro atoms. The van der Waals surface area contributed by atoms with E-state index >= 15 is 0 Å². The van der Waals surface area contributed by atoms with Crippen molar-refractivity contribution in [1.82, 2.24) is 14.4 Å². The maximum atomic E-state index is 4.51. The minimum absolute atomic E-state index is 0.448. The van der Waals surface area contributed by atoms with Gasteiger partial charge in [0.2, 0.25) is 0 Å². The lowest BCUT2D eigenvalue weighted by Gasteiger charge is -2.02. The van der Waals surface area contributed by atoms with E-state index in [1.165, 1.54) is 0 Å². The lowest BCUT2D eigenvalue weighted by atomic mass is 10.2. The van der Waals surface area contributed by atoms with Crippen LogP contribution in [0.5, 0.6) is 0 Å². The number of fused-ring (bicyclic) bond motifs is 1. The summed E-state index contributed by atoms with van der Waals surface area (Å²) in [4.78, 5) is 8.60. The molecule has 2 aromatic heterocycles. The van der Waals surface area contributed by atoms with Crippen molar-refractivity contribution in [3.8, 4) is 0 Å². The first-order valence-electron chi connectivity index (χ1n) is 4.48. The van der Waals surface area contributed by atoms with Gasteiger partial charge < -0.3 is 4.40 Å². The van der Waals surface area contributed by atoms with Crippen molar-refractivity contribution < 1.29 is 0 Å². The van der Waals surface area contributed by atoms with Gasteiger partial charge in [-0.2, -0.15) is 0 Å². The molecule has 3 nitrogen and oxygen atoms in total. The molecule has 0 saturated heterocycles. The summed E-state index contributed by atoms with van der Waals surface area (Å²) in [5.41, 5.74) is 2.16. The van der Waals surface area contributed by atoms with E-state index in [4.69, 9.17) is 0 Å². The van der Waals surface area contributed by atoms with Crippen LogP contribution in [0.1, 0.15) is 31.3 Å². The first-order valence-corrected chi connectivity index (χ1v) is 4.48. The highest BCUT2D eigenvalue weighted by Crippen LogP contribution is 2.17. The Labute approximate surface area is 77.4 Å². The zero-order valence-electron chi connectivity index (χ0n) is 8.15. The van der Waals surface area contributed by atoms with Crippen LogP contribution in [0.4, 0.5) is 0 Å². The second kappa shape index (κ2) is 2.83. The highest BCUT2D eigenvalue weighted by molar-refractivity contribution is 5.50. The quantitative estimate of drug-likeness (QED) is 0.664. The Morgan fingerprint density at radius 2 is 2.15 bits per heavy atom. The third-order valence-corrected chi connectivity index (χ3v) is 2.17. The number of hydrogen-bond acceptors (Lipinski definition) is 2. The predicted molar refractivity (Wildman–Crippen MR) is 51.8 cm³/mol. The molecule has 0 unspecified atom stereocenters. The van der Waals surface area contributed by atoms with Crippen LogP contribution in [-0.2, 0) is 0 Å². The second-order valence-electron chi connectivity index (χ2n) is 3.54. The molecule has 0 saturated carbocycles. The molecule has 13 heavy (non-hydrogen) atoms. The number of rotatable bonds is 1. The van der Waals surface area contributed by atoms with Crippen molar-refractivity contribution in [3.63, 3.8) is 0 Å². The Morgan fingerprint density at radius 1 is 1.38 bits per heavy atom. The van der Waals surface area contributed by atoms with E-state index in [-0.39, 0.29) is 0 Å². The second-order valence-corrected chi connectivity index (χ2v) is 3.54. The van der Waals surface area contributed by atoms with Gasteiger partial charge in [-0.1, -0.05) is 13.8 Å². The number of hydrogen-bond donors (Lipinski definition) is 0. The van der Waals surface area contributed by atoms with Crippen LogP contribution in [0.25, 0.3) is 5.52 Å². The van der Waals surface area contributed by atoms with Crippen LogP contribution < -0.4 is 0 Å². The summed E-state index contributed by atoms with van der Waals surface area (Å²) in [6.45, 7) is 6.31. The van der Waals surface area contributed by atoms with Crippen LogP contribution in [0, 0.1) is 6.92 Å². The molecule has 0 N–H and O–H groups in total. The van der Waals surface area contributed by atoms with Crippen LogP contribution in [0.2, 0.25) is 0 Å². The molecule has 2 rings (SSSR count). The minimum atomic E-state index is 0.448. The molecule has 0 aliphatic carbocycles. The van der Waals surface area contributed by atoms with Crippen LogP contribution in [0.3, 0.4) is 0 Å². The number of imidazole rings is 1. The summed E-state index contributed by atoms with van der Waals surface area (Å²) in [7, 11) is 0. The van der Waals surface area contributed by atoms with E-state index in [0.29, 0.717) is 5.92 Å². The van der Waals surface area contributed by atoms with Gasteiger partial charge in [0.1, 0.15) is 5.82 Å². The molecule has 3 heteroatoms. The fourth-order valence-electron chi connectivity index (χ4n) is 1.52. The molecule has 0 aliphatic rings. The van der Waals surface area contributed by atoms with Crippen LogP contribution in [0.15, 0.2) is 18.6 Å². The van der Waals surface area contributed by atoms with Crippen molar-refractivity contribution in [2.75, 3.05) is 0 Å². The molecule has 0 radical (unpaired) electrons. The molecule has 2 aromatic rings. The number of aromatic nitrogens is 3. The average molecular weight is 175 g/mol. The van der Waals surface area contributed by atoms with Crippen molar-refractivity contribution in [1.29, 1.82) is 0 Å². The van der Waals surface area contributed by atoms with E-state index in [2.05, 4.69) is 28.2 Å². The summed E-state index contributed by atoms with van der Waals surface area (Å²) in [6, 6.07) is 0. The van der Waals surface area contributed by atoms with Gasteiger partial charge in [-0.05, 0) is 6.92 Å². The zero-order chi connectivity index (χ0) is 9.42. The topological polar surface area (TPSA) is 30.2 Å². The highest BCUT2D eigenvalue weighted by atomic mass is 15.0. The van der Waals surface area contributed by atoms with Gasteiger partial charge in [0, 0.05) is 18.3 Å². The molecule has 2 heterocycles. The van der Waals surface area contributed by atoms with Crippen molar-refractivity contribution in [2.45, 2.75) is 26.7 Å². The van der Waals surface area contributed by atoms with Crippen molar-refractivity contribution >= 4 is 5.52 Å². The third kappa shape index (κ3) is 1.20. The summed E-state index contributed by atoms with van der Waals surface area (Å²) in [5.74, 6) is 1.55. The molecule has 0 bridgehead atoms. The highest BCUT2D eigenvalue weighted by Gasteiger charge is 2.09. The Kier molecular flexibility index (Phi) is 1.79. The number of aryl methyl sites for hydroxylation is 1. The Morgan fingerprint density at radius 3 is 2.85 bits per heavy atom. The zero-order valence-corrected chi connectivity index (χ0v) is 8.15. The Bertz CT molecular complexity index is 429. The normalized spacial score (nSPS) is 11.4. The van der Waals surface area contributed by atoms with Gasteiger partial charge in [-0.15, -0.1) is 0 Å². The standard InChI is InChI=1S/C10H13N3/c1-7(2)10-12-8(3)9-6-11-4-5-13(9)10/h4-7H,1-3H3. The number of nitrogens with zero attached hydrogens (tertiary/aromatic N) is 3. The molecule has 0 atom stereocenters. The largest absolute Gasteiger partial charge is 0.300 e. The average Bonchev–Trinajstić information content (AvgIpc) is 2.45. The van der Waals surface area contributed by atoms with Crippen molar-refractivity contribution in [3.05, 3.63) is 30.1 Å². The summed E-state index contributed by atoms with van der Waals surface area (Å²) in [5, 5.41) is 0. The molecule has 0 amide bonds. The van der Waals surface area contributed by atoms with Gasteiger partial charge in [0.05, 0.1) is 17.4 Å². The van der Waals surface area contributed by atoms with E-state index in [9.17, 15) is 0 Å². The summed E-state index contributed by atoms with van der Waals surface area (Å²) >= 11 is 0. The van der Waals surface area contributed by atoms with E-state index in [0.717, 1.165) is 17.0 Å². The van der Waals surface area contributed by atoms with Gasteiger partial charge in [-0.3, -0.25) is 4.98 Å².